The summed E-state index contributed by atoms with van der Waals surface area (Å²) >= 11 is 3.39. The Hall–Kier alpha value is -1.85. The number of rotatable bonds is 1. The largest absolute Gasteiger partial charge is 0.279 e. The average Bonchev–Trinajstić information content (AvgIpc) is 2.37. The van der Waals surface area contributed by atoms with Gasteiger partial charge >= 0.3 is 0 Å². The maximum atomic E-state index is 12.0. The molecule has 2 heteroatoms. The second-order valence-corrected chi connectivity index (χ2v) is 5.28. The molecule has 0 aliphatic heterocycles. The van der Waals surface area contributed by atoms with E-state index in [0.717, 1.165) is 15.6 Å². The average molecular weight is 313 g/mol. The first-order chi connectivity index (χ1) is 9.06. The number of ketones is 1. The summed E-state index contributed by atoms with van der Waals surface area (Å²) in [5.74, 6) is 5.39. The summed E-state index contributed by atoms with van der Waals surface area (Å²) < 4.78 is 0.788. The van der Waals surface area contributed by atoms with Gasteiger partial charge in [0.05, 0.1) is 0 Å². The number of carbonyl (C=O) groups is 1. The molecule has 0 N–H and O–H groups in total. The second kappa shape index (κ2) is 5.86. The minimum Gasteiger partial charge on any atom is -0.279 e. The SMILES string of the molecule is Cc1ccc(C#CC(=O)c2ccc(C)cc2Br)cc1. The van der Waals surface area contributed by atoms with E-state index in [0.29, 0.717) is 5.56 Å². The molecular weight excluding hydrogens is 300 g/mol. The van der Waals surface area contributed by atoms with Crippen LogP contribution < -0.4 is 0 Å². The van der Waals surface area contributed by atoms with Crippen molar-refractivity contribution >= 4 is 21.7 Å². The van der Waals surface area contributed by atoms with Crippen molar-refractivity contribution in [3.8, 4) is 11.8 Å². The van der Waals surface area contributed by atoms with Crippen LogP contribution in [0.3, 0.4) is 0 Å². The minimum atomic E-state index is -0.174. The van der Waals surface area contributed by atoms with E-state index in [-0.39, 0.29) is 5.78 Å². The fourth-order valence-electron chi connectivity index (χ4n) is 1.64. The van der Waals surface area contributed by atoms with Gasteiger partial charge < -0.3 is 0 Å². The lowest BCUT2D eigenvalue weighted by Gasteiger charge is -1.99. The molecule has 2 aromatic carbocycles. The van der Waals surface area contributed by atoms with E-state index >= 15 is 0 Å². The number of carbonyl (C=O) groups excluding carboxylic acids is 1. The molecule has 0 radical (unpaired) electrons. The normalized spacial score (nSPS) is 9.63. The molecular formula is C17H13BrO. The lowest BCUT2D eigenvalue weighted by atomic mass is 10.1. The molecule has 94 valence electrons. The van der Waals surface area contributed by atoms with Crippen molar-refractivity contribution in [3.63, 3.8) is 0 Å². The molecule has 0 amide bonds. The highest BCUT2D eigenvalue weighted by molar-refractivity contribution is 9.10. The van der Waals surface area contributed by atoms with Crippen LogP contribution in [0.15, 0.2) is 46.9 Å². The quantitative estimate of drug-likeness (QED) is 0.567. The van der Waals surface area contributed by atoms with Gasteiger partial charge in [-0.3, -0.25) is 4.79 Å². The minimum absolute atomic E-state index is 0.174. The van der Waals surface area contributed by atoms with Gasteiger partial charge in [0, 0.05) is 15.6 Å². The van der Waals surface area contributed by atoms with Gasteiger partial charge in [0.1, 0.15) is 0 Å². The molecule has 0 aliphatic carbocycles. The Kier molecular flexibility index (Phi) is 4.19. The summed E-state index contributed by atoms with van der Waals surface area (Å²) in [6.07, 6.45) is 0. The lowest BCUT2D eigenvalue weighted by Crippen LogP contribution is -1.96. The monoisotopic (exact) mass is 312 g/mol. The first kappa shape index (κ1) is 13.6. The van der Waals surface area contributed by atoms with E-state index in [1.165, 1.54) is 5.56 Å². The Morgan fingerprint density at radius 3 is 2.26 bits per heavy atom. The third-order valence-electron chi connectivity index (χ3n) is 2.74. The van der Waals surface area contributed by atoms with Gasteiger partial charge in [0.15, 0.2) is 0 Å². The van der Waals surface area contributed by atoms with E-state index in [1.54, 1.807) is 6.07 Å². The highest BCUT2D eigenvalue weighted by atomic mass is 79.9. The van der Waals surface area contributed by atoms with Crippen molar-refractivity contribution in [1.29, 1.82) is 0 Å². The van der Waals surface area contributed by atoms with Crippen LogP contribution in [-0.4, -0.2) is 5.78 Å². The standard InChI is InChI=1S/C17H13BrO/c1-12-3-6-14(7-4-12)8-10-17(19)15-9-5-13(2)11-16(15)18/h3-7,9,11H,1-2H3. The molecule has 0 heterocycles. The molecule has 0 bridgehead atoms. The molecule has 0 spiro atoms. The molecule has 2 aromatic rings. The zero-order chi connectivity index (χ0) is 13.8. The summed E-state index contributed by atoms with van der Waals surface area (Å²) in [4.78, 5) is 12.0. The fraction of sp³-hybridized carbons (Fsp3) is 0.118. The van der Waals surface area contributed by atoms with Crippen molar-refractivity contribution in [2.75, 3.05) is 0 Å². The Balaban J connectivity index is 2.24. The maximum absolute atomic E-state index is 12.0. The predicted molar refractivity (Wildman–Crippen MR) is 81.3 cm³/mol. The van der Waals surface area contributed by atoms with Crippen molar-refractivity contribution in [3.05, 3.63) is 69.2 Å². The van der Waals surface area contributed by atoms with Crippen molar-refractivity contribution < 1.29 is 4.79 Å². The van der Waals surface area contributed by atoms with E-state index in [9.17, 15) is 4.79 Å². The van der Waals surface area contributed by atoms with Gasteiger partial charge in [-0.25, -0.2) is 0 Å². The fourth-order valence-corrected chi connectivity index (χ4v) is 2.31. The zero-order valence-corrected chi connectivity index (χ0v) is 12.4. The third kappa shape index (κ3) is 3.56. The van der Waals surface area contributed by atoms with E-state index < -0.39 is 0 Å². The van der Waals surface area contributed by atoms with Gasteiger partial charge in [0.25, 0.3) is 0 Å². The van der Waals surface area contributed by atoms with Crippen molar-refractivity contribution in [2.45, 2.75) is 13.8 Å². The molecule has 0 atom stereocenters. The number of benzene rings is 2. The van der Waals surface area contributed by atoms with Crippen LogP contribution in [0.5, 0.6) is 0 Å². The predicted octanol–water partition coefficient (Wildman–Crippen LogP) is 4.30. The van der Waals surface area contributed by atoms with E-state index in [1.807, 2.05) is 50.2 Å². The van der Waals surface area contributed by atoms with Crippen LogP contribution >= 0.6 is 15.9 Å². The molecule has 1 nitrogen and oxygen atoms in total. The Morgan fingerprint density at radius 1 is 1.00 bits per heavy atom. The van der Waals surface area contributed by atoms with Gasteiger partial charge in [-0.05, 0) is 65.5 Å². The zero-order valence-electron chi connectivity index (χ0n) is 10.8. The van der Waals surface area contributed by atoms with Crippen molar-refractivity contribution in [1.82, 2.24) is 0 Å². The number of hydrogen-bond acceptors (Lipinski definition) is 1. The maximum Gasteiger partial charge on any atom is 0.237 e. The van der Waals surface area contributed by atoms with Crippen LogP contribution in [0.4, 0.5) is 0 Å². The van der Waals surface area contributed by atoms with Gasteiger partial charge in [-0.1, -0.05) is 29.7 Å². The number of hydrogen-bond donors (Lipinski definition) is 0. The summed E-state index contributed by atoms with van der Waals surface area (Å²) in [5, 5.41) is 0. The molecule has 0 saturated heterocycles. The molecule has 19 heavy (non-hydrogen) atoms. The number of aryl methyl sites for hydroxylation is 2. The topological polar surface area (TPSA) is 17.1 Å². The first-order valence-corrected chi connectivity index (χ1v) is 6.75. The van der Waals surface area contributed by atoms with Crippen LogP contribution in [-0.2, 0) is 0 Å². The highest BCUT2D eigenvalue weighted by Crippen LogP contribution is 2.18. The Bertz CT molecular complexity index is 673. The van der Waals surface area contributed by atoms with E-state index in [4.69, 9.17) is 0 Å². The summed E-state index contributed by atoms with van der Waals surface area (Å²) in [5.41, 5.74) is 3.74. The molecule has 0 unspecified atom stereocenters. The Morgan fingerprint density at radius 2 is 1.63 bits per heavy atom. The number of Topliss-reactive ketones (excluding diaryl/α,β-unsaturated/α-hetero) is 1. The van der Waals surface area contributed by atoms with Crippen molar-refractivity contribution in [2.24, 2.45) is 0 Å². The summed E-state index contributed by atoms with van der Waals surface area (Å²) in [6.45, 7) is 4.00. The molecule has 0 aliphatic rings. The van der Waals surface area contributed by atoms with Crippen LogP contribution in [0, 0.1) is 25.7 Å². The molecule has 2 rings (SSSR count). The summed E-state index contributed by atoms with van der Waals surface area (Å²) in [6, 6.07) is 13.4. The Labute approximate surface area is 121 Å². The van der Waals surface area contributed by atoms with Gasteiger partial charge in [-0.15, -0.1) is 0 Å². The van der Waals surface area contributed by atoms with Gasteiger partial charge in [-0.2, -0.15) is 0 Å². The van der Waals surface area contributed by atoms with Gasteiger partial charge in [0.2, 0.25) is 5.78 Å². The van der Waals surface area contributed by atoms with Crippen LogP contribution in [0.25, 0.3) is 0 Å². The molecule has 0 aromatic heterocycles. The second-order valence-electron chi connectivity index (χ2n) is 4.43. The molecule has 0 fully saturated rings. The smallest absolute Gasteiger partial charge is 0.237 e. The number of halogens is 1. The summed E-state index contributed by atoms with van der Waals surface area (Å²) in [7, 11) is 0. The molecule has 0 saturated carbocycles. The first-order valence-electron chi connectivity index (χ1n) is 5.95. The third-order valence-corrected chi connectivity index (χ3v) is 3.40. The van der Waals surface area contributed by atoms with Crippen LogP contribution in [0.1, 0.15) is 27.0 Å². The van der Waals surface area contributed by atoms with Crippen LogP contribution in [0.2, 0.25) is 0 Å². The van der Waals surface area contributed by atoms with E-state index in [2.05, 4.69) is 27.8 Å². The lowest BCUT2D eigenvalue weighted by molar-refractivity contribution is 0.105. The highest BCUT2D eigenvalue weighted by Gasteiger charge is 2.06.